The van der Waals surface area contributed by atoms with Crippen LogP contribution >= 0.6 is 0 Å². The van der Waals surface area contributed by atoms with Crippen molar-refractivity contribution < 1.29 is 76.3 Å². The van der Waals surface area contributed by atoms with Crippen molar-refractivity contribution >= 4 is 47.8 Å². The third-order valence-electron chi connectivity index (χ3n) is 41.5. The van der Waals surface area contributed by atoms with Crippen molar-refractivity contribution in [1.29, 1.82) is 0 Å². The second-order valence-electron chi connectivity index (χ2n) is 51.1. The largest absolute Gasteiger partial charge is 0.465 e. The molecule has 0 aromatic rings. The zero-order valence-corrected chi connectivity index (χ0v) is 87.9. The fourth-order valence-corrected chi connectivity index (χ4v) is 35.5. The van der Waals surface area contributed by atoms with Crippen molar-refractivity contribution in [3.05, 3.63) is 24.8 Å². The molecule has 0 N–H and O–H groups in total. The van der Waals surface area contributed by atoms with E-state index in [0.29, 0.717) is 216 Å². The molecule has 16 nitrogen and oxygen atoms in total. The highest BCUT2D eigenvalue weighted by Crippen LogP contribution is 2.69. The molecule has 774 valence electrons. The first kappa shape index (κ1) is 107. The molecule has 31 atom stereocenters. The number of unbranched alkanes of at least 4 members (excludes halogenated alkanes) is 14. The maximum atomic E-state index is 14.0. The smallest absolute Gasteiger partial charge is 0.333 e. The maximum absolute atomic E-state index is 14.0. The van der Waals surface area contributed by atoms with Gasteiger partial charge in [-0.2, -0.15) is 0 Å². The Morgan fingerprint density at radius 2 is 0.693 bits per heavy atom. The van der Waals surface area contributed by atoms with Crippen molar-refractivity contribution in [2.45, 2.75) is 446 Å². The Kier molecular flexibility index (Phi) is 39.5. The van der Waals surface area contributed by atoms with Crippen LogP contribution in [0.2, 0.25) is 0 Å². The van der Waals surface area contributed by atoms with Crippen LogP contribution in [0.25, 0.3) is 0 Å². The van der Waals surface area contributed by atoms with Crippen LogP contribution in [0, 0.1) is 201 Å². The summed E-state index contributed by atoms with van der Waals surface area (Å²) in [5.74, 6) is 17.7. The number of carbonyl (C=O) groups excluding carboxylic acids is 8. The van der Waals surface area contributed by atoms with Gasteiger partial charge in [0.05, 0.1) is 63.3 Å². The normalized spacial score (nSPS) is 37.0. The lowest BCUT2D eigenvalue weighted by Crippen LogP contribution is -2.39. The van der Waals surface area contributed by atoms with E-state index in [1.54, 1.807) is 6.92 Å². The van der Waals surface area contributed by atoms with Crippen molar-refractivity contribution in [2.24, 2.45) is 201 Å². The molecule has 16 heteroatoms. The molecule has 0 aliphatic heterocycles. The molecule has 0 aromatic heterocycles. The van der Waals surface area contributed by atoms with Crippen LogP contribution in [-0.2, 0) is 76.3 Å². The first-order valence-corrected chi connectivity index (χ1v) is 59.0. The van der Waals surface area contributed by atoms with Gasteiger partial charge in [-0.1, -0.05) is 183 Å². The molecule has 15 aliphatic rings. The van der Waals surface area contributed by atoms with Crippen LogP contribution in [-0.4, -0.2) is 98.6 Å². The number of hydrogen-bond donors (Lipinski definition) is 0. The van der Waals surface area contributed by atoms with Crippen molar-refractivity contribution in [1.82, 2.24) is 0 Å². The van der Waals surface area contributed by atoms with Gasteiger partial charge in [-0.15, -0.1) is 0 Å². The van der Waals surface area contributed by atoms with Gasteiger partial charge in [-0.25, -0.2) is 9.59 Å². The van der Waals surface area contributed by atoms with Crippen molar-refractivity contribution in [3.8, 4) is 0 Å². The molecule has 8 bridgehead atoms. The van der Waals surface area contributed by atoms with E-state index < -0.39 is 11.2 Å². The summed E-state index contributed by atoms with van der Waals surface area (Å²) in [4.78, 5) is 107. The number of rotatable bonds is 58. The molecule has 29 unspecified atom stereocenters. The highest BCUT2D eigenvalue weighted by atomic mass is 16.6. The maximum Gasteiger partial charge on any atom is 0.333 e. The number of fused-ring (bicyclic) bond motifs is 20. The predicted molar refractivity (Wildman–Crippen MR) is 540 cm³/mol. The van der Waals surface area contributed by atoms with Gasteiger partial charge in [-0.05, 0) is 430 Å². The molecule has 15 rings (SSSR count). The Balaban J connectivity index is 0.439. The van der Waals surface area contributed by atoms with Gasteiger partial charge in [0.2, 0.25) is 0 Å². The summed E-state index contributed by atoms with van der Waals surface area (Å²) in [6.45, 7) is 30.0. The summed E-state index contributed by atoms with van der Waals surface area (Å²) in [6, 6.07) is 0. The van der Waals surface area contributed by atoms with Crippen LogP contribution in [0.5, 0.6) is 0 Å². The Bertz CT molecular complexity index is 3860. The molecule has 0 radical (unpaired) electrons. The zero-order chi connectivity index (χ0) is 96.4. The lowest BCUT2D eigenvalue weighted by Gasteiger charge is -2.44. The second kappa shape index (κ2) is 50.8. The molecule has 0 aromatic carbocycles. The fourth-order valence-electron chi connectivity index (χ4n) is 35.5. The van der Waals surface area contributed by atoms with Gasteiger partial charge in [0, 0.05) is 24.5 Å². The molecule has 137 heavy (non-hydrogen) atoms. The van der Waals surface area contributed by atoms with Crippen LogP contribution in [0.15, 0.2) is 24.8 Å². The molecule has 15 aliphatic carbocycles. The summed E-state index contributed by atoms with van der Waals surface area (Å²) in [7, 11) is 0. The summed E-state index contributed by atoms with van der Waals surface area (Å²) < 4.78 is 49.1. The van der Waals surface area contributed by atoms with Crippen molar-refractivity contribution in [3.63, 3.8) is 0 Å². The molecule has 0 amide bonds. The first-order valence-electron chi connectivity index (χ1n) is 59.0. The third kappa shape index (κ3) is 27.5. The lowest BCUT2D eigenvalue weighted by atomic mass is 9.61. The van der Waals surface area contributed by atoms with Gasteiger partial charge in [0.15, 0.2) is 0 Å². The highest BCUT2D eigenvalue weighted by Gasteiger charge is 2.62. The summed E-state index contributed by atoms with van der Waals surface area (Å²) in [5, 5.41) is 0. The van der Waals surface area contributed by atoms with Gasteiger partial charge in [0.25, 0.3) is 0 Å². The summed E-state index contributed by atoms with van der Waals surface area (Å²) >= 11 is 0. The van der Waals surface area contributed by atoms with E-state index in [1.165, 1.54) is 186 Å². The highest BCUT2D eigenvalue weighted by molar-refractivity contribution is 5.87. The molecule has 0 heterocycles. The topological polar surface area (TPSA) is 210 Å². The minimum Gasteiger partial charge on any atom is -0.465 e. The molecular formula is C121H194O16. The second-order valence-corrected chi connectivity index (χ2v) is 51.1. The number of ether oxygens (including phenoxy) is 8. The fraction of sp³-hybridized carbons (Fsp3) is 0.901. The zero-order valence-electron chi connectivity index (χ0n) is 87.9. The average Bonchev–Trinajstić information content (AvgIpc) is 1.60. The SMILES string of the molecule is C=CC(=O)OCC1CC2C3CC(CC3CC(C)(CCC)OC(=O)C3CCC(C(=O)OCC4CC5C6CC(C(CCC)COC(=O)CCCCCCC7C(CCCCCC)CCC(CCCCCCCC)C7CCCCCCC(=O)OCC(CCC)C7CC8CC7C7CC(COC(=O)C9CCC(C(=O)OC(C)(C)CC%10CC%11CC%10C%10CC(COC(=O)C(=C)C)C[C@H]%11%10)CC9)CC87)C(C6)C5C4)CC3)[C@H]2C1. The molecular weight excluding hydrogens is 1710 g/mol. The minimum atomic E-state index is -0.538. The van der Waals surface area contributed by atoms with Crippen molar-refractivity contribution in [2.75, 3.05) is 39.6 Å². The van der Waals surface area contributed by atoms with Gasteiger partial charge < -0.3 is 37.9 Å². The van der Waals surface area contributed by atoms with E-state index in [-0.39, 0.29) is 71.4 Å². The summed E-state index contributed by atoms with van der Waals surface area (Å²) in [6.07, 6.45) is 65.7. The molecule has 0 spiro atoms. The standard InChI is InChI=1S/C121H194O16/c1-12-18-20-22-23-29-37-83-43-42-82(36-28-21-19-13-2)96(38-30-24-26-32-40-113(123)131-75-89(35-15-4)103-66-93-68-111(103)109-60-81(56-101(93)109)74-135-117(127)85-46-50-87(51-47-85)119(129)137-121(11,52-16-5)70-95-62-91-64-105(95)107-57-78(53-98(91)107)71-130-112(122)17-6)97(83)39-31-25-27-33-41-114(124)132-76-88(34-14-3)102-65-92-67-110(102)108-59-80(55-100(92)108)73-134-116(126)84-44-48-86(49-45-84)118(128)136-120(9,10)69-94-61-90-63-104(94)106-58-79(54-99(90)106)72-133-115(125)77(7)8/h17,78-111H,6-7,12-16,18-76H2,1-5,8-11H3/t78?,79?,80?,81?,82?,83?,84?,85?,86?,87?,88?,89?,90?,91?,92?,93?,94?,95?,96?,97?,98-,99-,100?,101?,102?,103?,104?,105?,106?,107?,108?,109?,110?,111?,121?/m1/s1. The van der Waals surface area contributed by atoms with Crippen LogP contribution in [0.1, 0.15) is 435 Å². The average molecular weight is 1900 g/mol. The van der Waals surface area contributed by atoms with Gasteiger partial charge in [0.1, 0.15) is 11.2 Å². The third-order valence-corrected chi connectivity index (χ3v) is 41.5. The van der Waals surface area contributed by atoms with E-state index in [9.17, 15) is 38.4 Å². The molecule has 15 saturated carbocycles. The Labute approximate surface area is 830 Å². The quantitative estimate of drug-likeness (QED) is 0.0240. The Hall–Kier alpha value is -4.76. The monoisotopic (exact) mass is 1900 g/mol. The van der Waals surface area contributed by atoms with E-state index in [1.807, 2.05) is 0 Å². The first-order chi connectivity index (χ1) is 66.3. The number of esters is 8. The van der Waals surface area contributed by atoms with E-state index in [0.717, 1.165) is 199 Å². The predicted octanol–water partition coefficient (Wildman–Crippen LogP) is 28.5. The lowest BCUT2D eigenvalue weighted by molar-refractivity contribution is -0.169. The minimum absolute atomic E-state index is 0.00126. The van der Waals surface area contributed by atoms with Gasteiger partial charge >= 0.3 is 47.8 Å². The van der Waals surface area contributed by atoms with Crippen LogP contribution < -0.4 is 0 Å². The number of carbonyl (C=O) groups is 8. The van der Waals surface area contributed by atoms with E-state index in [4.69, 9.17) is 37.9 Å². The van der Waals surface area contributed by atoms with Gasteiger partial charge in [-0.3, -0.25) is 28.8 Å². The van der Waals surface area contributed by atoms with Crippen LogP contribution in [0.4, 0.5) is 0 Å². The number of hydrogen-bond acceptors (Lipinski definition) is 16. The van der Waals surface area contributed by atoms with E-state index >= 15 is 0 Å². The molecule has 15 fully saturated rings. The Morgan fingerprint density at radius 1 is 0.336 bits per heavy atom. The Morgan fingerprint density at radius 3 is 1.12 bits per heavy atom. The van der Waals surface area contributed by atoms with Crippen LogP contribution in [0.3, 0.4) is 0 Å². The van der Waals surface area contributed by atoms with E-state index in [2.05, 4.69) is 68.5 Å². The molecule has 0 saturated heterocycles. The summed E-state index contributed by atoms with van der Waals surface area (Å²) in [5.41, 5.74) is -0.564.